The summed E-state index contributed by atoms with van der Waals surface area (Å²) in [5.74, 6) is 2.27. The van der Waals surface area contributed by atoms with E-state index >= 15 is 0 Å². The Morgan fingerprint density at radius 2 is 2.14 bits per heavy atom. The van der Waals surface area contributed by atoms with Crippen molar-refractivity contribution in [3.63, 3.8) is 0 Å². The van der Waals surface area contributed by atoms with Crippen LogP contribution in [-0.2, 0) is 12.1 Å². The first-order chi connectivity index (χ1) is 10.3. The second kappa shape index (κ2) is 4.87. The zero-order valence-electron chi connectivity index (χ0n) is 12.1. The van der Waals surface area contributed by atoms with Crippen molar-refractivity contribution in [2.75, 3.05) is 0 Å². The molecule has 2 aliphatic carbocycles. The molecule has 2 aromatic heterocycles. The number of hydrogen-bond donors (Lipinski definition) is 1. The van der Waals surface area contributed by atoms with Crippen molar-refractivity contribution in [3.05, 3.63) is 17.5 Å². The van der Waals surface area contributed by atoms with Crippen molar-refractivity contribution in [2.45, 2.75) is 63.6 Å². The summed E-state index contributed by atoms with van der Waals surface area (Å²) in [6.07, 6.45) is 6.75. The van der Waals surface area contributed by atoms with Crippen LogP contribution in [-0.4, -0.2) is 30.3 Å². The maximum Gasteiger partial charge on any atom is 0.223 e. The lowest BCUT2D eigenvalue weighted by atomic mass is 9.96. The van der Waals surface area contributed by atoms with Gasteiger partial charge in [0.2, 0.25) is 5.89 Å². The Morgan fingerprint density at radius 3 is 2.81 bits per heavy atom. The van der Waals surface area contributed by atoms with Crippen molar-refractivity contribution in [1.29, 1.82) is 0 Å². The minimum atomic E-state index is -0.196. The lowest BCUT2D eigenvalue weighted by Gasteiger charge is -2.26. The van der Waals surface area contributed by atoms with Crippen molar-refractivity contribution >= 4 is 0 Å². The van der Waals surface area contributed by atoms with Gasteiger partial charge in [0.05, 0.1) is 18.1 Å². The van der Waals surface area contributed by atoms with Gasteiger partial charge in [-0.3, -0.25) is 5.32 Å². The third kappa shape index (κ3) is 2.33. The molecule has 0 aliphatic heterocycles. The minimum Gasteiger partial charge on any atom is -0.340 e. The molecule has 0 spiro atoms. The molecule has 0 amide bonds. The first-order valence-corrected chi connectivity index (χ1v) is 7.59. The van der Waals surface area contributed by atoms with E-state index in [0.717, 1.165) is 24.5 Å². The van der Waals surface area contributed by atoms with Crippen LogP contribution in [0.4, 0.5) is 0 Å². The molecule has 8 heteroatoms. The average molecular weight is 289 g/mol. The zero-order chi connectivity index (χ0) is 14.3. The first-order valence-electron chi connectivity index (χ1n) is 7.59. The van der Waals surface area contributed by atoms with Gasteiger partial charge in [0, 0.05) is 6.92 Å². The normalized spacial score (nSPS) is 21.0. The average Bonchev–Trinajstić information content (AvgIpc) is 2.93. The molecule has 8 nitrogen and oxygen atoms in total. The van der Waals surface area contributed by atoms with Crippen LogP contribution in [0.15, 0.2) is 4.52 Å². The summed E-state index contributed by atoms with van der Waals surface area (Å²) in [6.45, 7) is 2.46. The highest BCUT2D eigenvalue weighted by Gasteiger charge is 2.40. The van der Waals surface area contributed by atoms with Gasteiger partial charge in [-0.05, 0) is 36.1 Å². The van der Waals surface area contributed by atoms with Crippen LogP contribution in [0.1, 0.15) is 62.1 Å². The quantitative estimate of drug-likeness (QED) is 0.885. The van der Waals surface area contributed by atoms with E-state index < -0.39 is 0 Å². The van der Waals surface area contributed by atoms with Crippen LogP contribution in [0.5, 0.6) is 0 Å². The summed E-state index contributed by atoms with van der Waals surface area (Å²) in [5.41, 5.74) is -0.196. The fourth-order valence-corrected chi connectivity index (χ4v) is 3.13. The Balaban J connectivity index is 1.54. The van der Waals surface area contributed by atoms with Gasteiger partial charge in [-0.1, -0.05) is 18.0 Å². The molecule has 4 rings (SSSR count). The molecule has 0 aromatic carbocycles. The predicted octanol–water partition coefficient (Wildman–Crippen LogP) is 1.26. The van der Waals surface area contributed by atoms with E-state index in [9.17, 15) is 0 Å². The molecule has 2 aromatic rings. The van der Waals surface area contributed by atoms with Crippen LogP contribution >= 0.6 is 0 Å². The molecule has 2 saturated carbocycles. The number of hydrogen-bond acceptors (Lipinski definition) is 7. The van der Waals surface area contributed by atoms with E-state index in [1.807, 2.05) is 11.6 Å². The molecular formula is C13H19N7O. The largest absolute Gasteiger partial charge is 0.340 e. The number of rotatable bonds is 5. The smallest absolute Gasteiger partial charge is 0.223 e. The van der Waals surface area contributed by atoms with Crippen molar-refractivity contribution in [3.8, 4) is 0 Å². The summed E-state index contributed by atoms with van der Waals surface area (Å²) in [4.78, 5) is 4.44. The van der Waals surface area contributed by atoms with E-state index in [1.54, 1.807) is 0 Å². The molecule has 112 valence electrons. The second-order valence-corrected chi connectivity index (χ2v) is 6.05. The number of tetrazole rings is 1. The molecule has 1 N–H and O–H groups in total. The molecule has 2 fully saturated rings. The molecule has 0 unspecified atom stereocenters. The van der Waals surface area contributed by atoms with Crippen molar-refractivity contribution < 1.29 is 4.52 Å². The SMILES string of the molecule is Cc1nc(C2(NCc3nnnn3C3CC3)CCCC2)no1. The van der Waals surface area contributed by atoms with E-state index in [2.05, 4.69) is 31.0 Å². The summed E-state index contributed by atoms with van der Waals surface area (Å²) in [5, 5.41) is 19.8. The van der Waals surface area contributed by atoms with Crippen molar-refractivity contribution in [1.82, 2.24) is 35.7 Å². The Bertz CT molecular complexity index is 624. The highest BCUT2D eigenvalue weighted by molar-refractivity contribution is 5.08. The first kappa shape index (κ1) is 12.9. The molecule has 2 heterocycles. The minimum absolute atomic E-state index is 0.196. The highest BCUT2D eigenvalue weighted by Crippen LogP contribution is 2.38. The fourth-order valence-electron chi connectivity index (χ4n) is 3.13. The lowest BCUT2D eigenvalue weighted by Crippen LogP contribution is -2.41. The summed E-state index contributed by atoms with van der Waals surface area (Å²) < 4.78 is 7.11. The Kier molecular flexibility index (Phi) is 2.99. The Labute approximate surface area is 122 Å². The highest BCUT2D eigenvalue weighted by atomic mass is 16.5. The standard InChI is InChI=1S/C13H19N7O/c1-9-15-12(17-21-9)13(6-2-3-7-13)14-8-11-16-18-19-20(11)10-4-5-10/h10,14H,2-8H2,1H3. The Morgan fingerprint density at radius 1 is 1.33 bits per heavy atom. The van der Waals surface area contributed by atoms with Gasteiger partial charge in [-0.15, -0.1) is 5.10 Å². The van der Waals surface area contributed by atoms with Gasteiger partial charge in [-0.2, -0.15) is 4.98 Å². The van der Waals surface area contributed by atoms with Crippen molar-refractivity contribution in [2.24, 2.45) is 0 Å². The fraction of sp³-hybridized carbons (Fsp3) is 0.769. The monoisotopic (exact) mass is 289 g/mol. The number of nitrogens with one attached hydrogen (secondary N) is 1. The maximum absolute atomic E-state index is 5.16. The predicted molar refractivity (Wildman–Crippen MR) is 72.1 cm³/mol. The molecule has 0 atom stereocenters. The number of nitrogens with zero attached hydrogens (tertiary/aromatic N) is 6. The van der Waals surface area contributed by atoms with Gasteiger partial charge in [0.15, 0.2) is 11.6 Å². The van der Waals surface area contributed by atoms with Crippen LogP contribution in [0.2, 0.25) is 0 Å². The maximum atomic E-state index is 5.16. The molecular weight excluding hydrogens is 270 g/mol. The van der Waals surface area contributed by atoms with E-state index in [-0.39, 0.29) is 5.54 Å². The van der Waals surface area contributed by atoms with E-state index in [4.69, 9.17) is 4.52 Å². The van der Waals surface area contributed by atoms with Gasteiger partial charge in [0.1, 0.15) is 0 Å². The summed E-state index contributed by atoms with van der Waals surface area (Å²) in [7, 11) is 0. The molecule has 2 aliphatic rings. The number of aryl methyl sites for hydroxylation is 1. The summed E-state index contributed by atoms with van der Waals surface area (Å²) >= 11 is 0. The number of aromatic nitrogens is 6. The Hall–Kier alpha value is -1.83. The van der Waals surface area contributed by atoms with Crippen LogP contribution in [0.3, 0.4) is 0 Å². The zero-order valence-corrected chi connectivity index (χ0v) is 12.1. The van der Waals surface area contributed by atoms with Gasteiger partial charge < -0.3 is 4.52 Å². The van der Waals surface area contributed by atoms with Crippen LogP contribution in [0, 0.1) is 6.92 Å². The van der Waals surface area contributed by atoms with Gasteiger partial charge >= 0.3 is 0 Å². The molecule has 0 bridgehead atoms. The van der Waals surface area contributed by atoms with Crippen LogP contribution in [0.25, 0.3) is 0 Å². The second-order valence-electron chi connectivity index (χ2n) is 6.05. The third-order valence-electron chi connectivity index (χ3n) is 4.45. The molecule has 21 heavy (non-hydrogen) atoms. The van der Waals surface area contributed by atoms with Gasteiger partial charge in [0.25, 0.3) is 0 Å². The lowest BCUT2D eigenvalue weighted by molar-refractivity contribution is 0.292. The van der Waals surface area contributed by atoms with Gasteiger partial charge in [-0.25, -0.2) is 4.68 Å². The topological polar surface area (TPSA) is 94.6 Å². The molecule has 0 radical (unpaired) electrons. The third-order valence-corrected chi connectivity index (χ3v) is 4.45. The van der Waals surface area contributed by atoms with E-state index in [1.165, 1.54) is 25.7 Å². The van der Waals surface area contributed by atoms with E-state index in [0.29, 0.717) is 18.5 Å². The summed E-state index contributed by atoms with van der Waals surface area (Å²) in [6, 6.07) is 0.490. The molecule has 0 saturated heterocycles. The van der Waals surface area contributed by atoms with Crippen LogP contribution < -0.4 is 5.32 Å².